The molecule has 0 radical (unpaired) electrons. The highest BCUT2D eigenvalue weighted by Gasteiger charge is 2.01. The summed E-state index contributed by atoms with van der Waals surface area (Å²) in [6, 6.07) is 14.6. The van der Waals surface area contributed by atoms with Crippen LogP contribution in [0.25, 0.3) is 0 Å². The van der Waals surface area contributed by atoms with Gasteiger partial charge in [-0.2, -0.15) is 0 Å². The van der Waals surface area contributed by atoms with Gasteiger partial charge < -0.3 is 5.73 Å². The van der Waals surface area contributed by atoms with Crippen LogP contribution in [-0.2, 0) is 19.4 Å². The highest BCUT2D eigenvalue weighted by molar-refractivity contribution is 5.22. The summed E-state index contributed by atoms with van der Waals surface area (Å²) < 4.78 is 0. The van der Waals surface area contributed by atoms with Gasteiger partial charge in [-0.15, -0.1) is 0 Å². The topological polar surface area (TPSA) is 38.9 Å². The van der Waals surface area contributed by atoms with Crippen molar-refractivity contribution in [3.63, 3.8) is 0 Å². The molecule has 0 aliphatic heterocycles. The van der Waals surface area contributed by atoms with Crippen LogP contribution < -0.4 is 5.73 Å². The fraction of sp³-hybridized carbons (Fsp3) is 0.214. The Morgan fingerprint density at radius 2 is 1.75 bits per heavy atom. The van der Waals surface area contributed by atoms with Crippen molar-refractivity contribution in [3.8, 4) is 0 Å². The van der Waals surface area contributed by atoms with Crippen molar-refractivity contribution in [1.29, 1.82) is 0 Å². The third-order valence-corrected chi connectivity index (χ3v) is 2.70. The second-order valence-electron chi connectivity index (χ2n) is 3.80. The van der Waals surface area contributed by atoms with Crippen LogP contribution in [0.4, 0.5) is 0 Å². The van der Waals surface area contributed by atoms with E-state index in [-0.39, 0.29) is 0 Å². The fourth-order valence-electron chi connectivity index (χ4n) is 1.81. The van der Waals surface area contributed by atoms with E-state index in [9.17, 15) is 0 Å². The molecule has 1 heterocycles. The molecule has 1 aromatic carbocycles. The third-order valence-electron chi connectivity index (χ3n) is 2.70. The second kappa shape index (κ2) is 5.42. The smallest absolute Gasteiger partial charge is 0.0571 e. The zero-order chi connectivity index (χ0) is 11.2. The van der Waals surface area contributed by atoms with Crippen LogP contribution in [0.1, 0.15) is 16.8 Å². The first-order chi connectivity index (χ1) is 7.90. The van der Waals surface area contributed by atoms with Gasteiger partial charge >= 0.3 is 0 Å². The molecule has 16 heavy (non-hydrogen) atoms. The normalized spacial score (nSPS) is 10.3. The molecule has 0 bridgehead atoms. The number of hydrogen-bond acceptors (Lipinski definition) is 2. The van der Waals surface area contributed by atoms with Crippen LogP contribution >= 0.6 is 0 Å². The molecule has 0 fully saturated rings. The highest BCUT2D eigenvalue weighted by Crippen LogP contribution is 2.09. The molecule has 0 saturated heterocycles. The maximum absolute atomic E-state index is 5.66. The molecule has 2 aromatic rings. The first-order valence-electron chi connectivity index (χ1n) is 5.57. The Morgan fingerprint density at radius 1 is 0.938 bits per heavy atom. The molecule has 0 aliphatic rings. The predicted molar refractivity (Wildman–Crippen MR) is 66.0 cm³/mol. The standard InChI is InChI=1S/C14H16N2/c15-11-14-13(7-4-10-16-14)9-8-12-5-2-1-3-6-12/h1-7,10H,8-9,11,15H2. The SMILES string of the molecule is NCc1ncccc1CCc1ccccc1. The minimum absolute atomic E-state index is 0.519. The van der Waals surface area contributed by atoms with Gasteiger partial charge in [0.05, 0.1) is 5.69 Å². The lowest BCUT2D eigenvalue weighted by Gasteiger charge is -2.06. The van der Waals surface area contributed by atoms with Crippen LogP contribution in [0, 0.1) is 0 Å². The highest BCUT2D eigenvalue weighted by atomic mass is 14.7. The van der Waals surface area contributed by atoms with E-state index in [1.54, 1.807) is 6.20 Å². The summed E-state index contributed by atoms with van der Waals surface area (Å²) in [7, 11) is 0. The van der Waals surface area contributed by atoms with E-state index in [4.69, 9.17) is 5.73 Å². The van der Waals surface area contributed by atoms with E-state index in [0.29, 0.717) is 6.54 Å². The predicted octanol–water partition coefficient (Wildman–Crippen LogP) is 2.33. The van der Waals surface area contributed by atoms with Gasteiger partial charge in [-0.25, -0.2) is 0 Å². The Morgan fingerprint density at radius 3 is 2.50 bits per heavy atom. The molecular formula is C14H16N2. The van der Waals surface area contributed by atoms with Crippen molar-refractivity contribution in [2.45, 2.75) is 19.4 Å². The van der Waals surface area contributed by atoms with Gasteiger partial charge in [-0.3, -0.25) is 4.98 Å². The summed E-state index contributed by atoms with van der Waals surface area (Å²) in [4.78, 5) is 4.28. The lowest BCUT2D eigenvalue weighted by Crippen LogP contribution is -2.05. The Bertz CT molecular complexity index is 437. The lowest BCUT2D eigenvalue weighted by molar-refractivity contribution is 0.886. The Hall–Kier alpha value is -1.67. The van der Waals surface area contributed by atoms with Crippen molar-refractivity contribution in [1.82, 2.24) is 4.98 Å². The summed E-state index contributed by atoms with van der Waals surface area (Å²) in [5.41, 5.74) is 9.28. The number of pyridine rings is 1. The van der Waals surface area contributed by atoms with Crippen molar-refractivity contribution in [2.24, 2.45) is 5.73 Å². The van der Waals surface area contributed by atoms with Crippen LogP contribution in [0.5, 0.6) is 0 Å². The van der Waals surface area contributed by atoms with E-state index in [1.807, 2.05) is 12.1 Å². The molecule has 82 valence electrons. The van der Waals surface area contributed by atoms with Crippen LogP contribution in [-0.4, -0.2) is 4.98 Å². The maximum atomic E-state index is 5.66. The monoisotopic (exact) mass is 212 g/mol. The molecule has 2 heteroatoms. The quantitative estimate of drug-likeness (QED) is 0.844. The number of aryl methyl sites for hydroxylation is 2. The largest absolute Gasteiger partial charge is 0.325 e. The molecule has 2 rings (SSSR count). The zero-order valence-corrected chi connectivity index (χ0v) is 9.26. The van der Waals surface area contributed by atoms with E-state index >= 15 is 0 Å². The first-order valence-corrected chi connectivity index (χ1v) is 5.57. The summed E-state index contributed by atoms with van der Waals surface area (Å²) >= 11 is 0. The average molecular weight is 212 g/mol. The first kappa shape index (κ1) is 10.8. The van der Waals surface area contributed by atoms with Gasteiger partial charge in [-0.05, 0) is 30.0 Å². The number of rotatable bonds is 4. The number of aromatic nitrogens is 1. The Balaban J connectivity index is 2.05. The molecule has 2 N–H and O–H groups in total. The van der Waals surface area contributed by atoms with Crippen molar-refractivity contribution < 1.29 is 0 Å². The van der Waals surface area contributed by atoms with Crippen LogP contribution in [0.2, 0.25) is 0 Å². The molecule has 0 amide bonds. The minimum Gasteiger partial charge on any atom is -0.325 e. The molecule has 0 atom stereocenters. The van der Waals surface area contributed by atoms with E-state index in [0.717, 1.165) is 18.5 Å². The van der Waals surface area contributed by atoms with E-state index in [1.165, 1.54) is 11.1 Å². The summed E-state index contributed by atoms with van der Waals surface area (Å²) in [6.07, 6.45) is 3.85. The molecule has 0 saturated carbocycles. The van der Waals surface area contributed by atoms with Crippen molar-refractivity contribution in [2.75, 3.05) is 0 Å². The Kier molecular flexibility index (Phi) is 3.67. The second-order valence-corrected chi connectivity index (χ2v) is 3.80. The molecule has 2 nitrogen and oxygen atoms in total. The summed E-state index contributed by atoms with van der Waals surface area (Å²) in [6.45, 7) is 0.519. The lowest BCUT2D eigenvalue weighted by atomic mass is 10.0. The van der Waals surface area contributed by atoms with Crippen molar-refractivity contribution >= 4 is 0 Å². The molecule has 0 unspecified atom stereocenters. The maximum Gasteiger partial charge on any atom is 0.0571 e. The van der Waals surface area contributed by atoms with Gasteiger partial charge in [0.25, 0.3) is 0 Å². The van der Waals surface area contributed by atoms with Gasteiger partial charge in [0.15, 0.2) is 0 Å². The van der Waals surface area contributed by atoms with Crippen LogP contribution in [0.3, 0.4) is 0 Å². The minimum atomic E-state index is 0.519. The van der Waals surface area contributed by atoms with E-state index in [2.05, 4.69) is 35.3 Å². The summed E-state index contributed by atoms with van der Waals surface area (Å²) in [5.74, 6) is 0. The molecule has 0 spiro atoms. The zero-order valence-electron chi connectivity index (χ0n) is 9.26. The average Bonchev–Trinajstić information content (AvgIpc) is 2.38. The number of nitrogens with two attached hydrogens (primary N) is 1. The third kappa shape index (κ3) is 2.67. The number of hydrogen-bond donors (Lipinski definition) is 1. The van der Waals surface area contributed by atoms with Gasteiger partial charge in [0.1, 0.15) is 0 Å². The molecular weight excluding hydrogens is 196 g/mol. The van der Waals surface area contributed by atoms with E-state index < -0.39 is 0 Å². The van der Waals surface area contributed by atoms with Crippen molar-refractivity contribution in [3.05, 3.63) is 65.5 Å². The number of benzene rings is 1. The number of nitrogens with zero attached hydrogens (tertiary/aromatic N) is 1. The molecule has 0 aliphatic carbocycles. The Labute approximate surface area is 96.1 Å². The van der Waals surface area contributed by atoms with Gasteiger partial charge in [0.2, 0.25) is 0 Å². The van der Waals surface area contributed by atoms with Gasteiger partial charge in [-0.1, -0.05) is 36.4 Å². The molecule has 1 aromatic heterocycles. The van der Waals surface area contributed by atoms with Crippen LogP contribution in [0.15, 0.2) is 48.7 Å². The van der Waals surface area contributed by atoms with Gasteiger partial charge in [0, 0.05) is 12.7 Å². The fourth-order valence-corrected chi connectivity index (χ4v) is 1.81. The summed E-state index contributed by atoms with van der Waals surface area (Å²) in [5, 5.41) is 0.